The Bertz CT molecular complexity index is 1430. The number of aromatic hydroxyl groups is 1. The molecule has 2 aromatic carbocycles. The molecule has 5 rings (SSSR count). The van der Waals surface area contributed by atoms with Crippen LogP contribution in [-0.4, -0.2) is 70.5 Å². The molecule has 244 valence electrons. The van der Waals surface area contributed by atoms with E-state index in [9.17, 15) is 24.9 Å². The van der Waals surface area contributed by atoms with Crippen molar-refractivity contribution in [3.63, 3.8) is 0 Å². The van der Waals surface area contributed by atoms with E-state index in [0.29, 0.717) is 41.1 Å². The van der Waals surface area contributed by atoms with Crippen molar-refractivity contribution in [3.05, 3.63) is 76.1 Å². The third-order valence-electron chi connectivity index (χ3n) is 9.81. The number of carbonyl (C=O) groups excluding carboxylic acids is 1. The summed E-state index contributed by atoms with van der Waals surface area (Å²) in [6.45, 7) is 4.58. The van der Waals surface area contributed by atoms with Crippen molar-refractivity contribution >= 4 is 16.9 Å². The van der Waals surface area contributed by atoms with Gasteiger partial charge in [0.1, 0.15) is 5.75 Å². The zero-order chi connectivity index (χ0) is 31.6. The summed E-state index contributed by atoms with van der Waals surface area (Å²) in [5.74, 6) is -0.286. The van der Waals surface area contributed by atoms with E-state index < -0.39 is 17.7 Å². The first kappa shape index (κ1) is 33.1. The maximum absolute atomic E-state index is 13.4. The largest absolute Gasteiger partial charge is 0.506 e. The Morgan fingerprint density at radius 2 is 1.73 bits per heavy atom. The first-order valence-corrected chi connectivity index (χ1v) is 16.8. The molecule has 0 radical (unpaired) electrons. The number of likely N-dealkylation sites (tertiary alicyclic amines) is 1. The molecule has 45 heavy (non-hydrogen) atoms. The molecule has 2 atom stereocenters. The molecule has 2 heterocycles. The van der Waals surface area contributed by atoms with E-state index in [0.717, 1.165) is 90.4 Å². The summed E-state index contributed by atoms with van der Waals surface area (Å²) in [7, 11) is 0. The van der Waals surface area contributed by atoms with Crippen molar-refractivity contribution < 1.29 is 24.9 Å². The van der Waals surface area contributed by atoms with Gasteiger partial charge in [0.15, 0.2) is 5.60 Å². The van der Waals surface area contributed by atoms with Crippen LogP contribution in [0.25, 0.3) is 10.9 Å². The van der Waals surface area contributed by atoms with E-state index in [-0.39, 0.29) is 17.2 Å². The van der Waals surface area contributed by atoms with E-state index in [1.807, 2.05) is 30.3 Å². The first-order valence-electron chi connectivity index (χ1n) is 16.8. The van der Waals surface area contributed by atoms with E-state index in [1.165, 1.54) is 12.1 Å². The zero-order valence-corrected chi connectivity index (χ0v) is 26.3. The first-order chi connectivity index (χ1) is 21.9. The number of aromatic nitrogens is 1. The summed E-state index contributed by atoms with van der Waals surface area (Å²) < 4.78 is 5.84. The van der Waals surface area contributed by atoms with Crippen LogP contribution in [0.4, 0.5) is 0 Å². The number of esters is 1. The van der Waals surface area contributed by atoms with Crippen molar-refractivity contribution in [2.75, 3.05) is 39.3 Å². The van der Waals surface area contributed by atoms with Crippen LogP contribution in [0.2, 0.25) is 0 Å². The molecule has 1 unspecified atom stereocenters. The second kappa shape index (κ2) is 15.9. The Morgan fingerprint density at radius 3 is 2.49 bits per heavy atom. The maximum Gasteiger partial charge on any atom is 0.343 e. The highest BCUT2D eigenvalue weighted by Crippen LogP contribution is 2.40. The van der Waals surface area contributed by atoms with E-state index in [4.69, 9.17) is 4.74 Å². The summed E-state index contributed by atoms with van der Waals surface area (Å²) in [6, 6.07) is 15.6. The van der Waals surface area contributed by atoms with Gasteiger partial charge in [0, 0.05) is 23.9 Å². The zero-order valence-electron chi connectivity index (χ0n) is 26.3. The Labute approximate surface area is 265 Å². The molecule has 2 fully saturated rings. The van der Waals surface area contributed by atoms with Gasteiger partial charge in [0.2, 0.25) is 5.56 Å². The molecule has 9 nitrogen and oxygen atoms in total. The van der Waals surface area contributed by atoms with Crippen molar-refractivity contribution in [3.8, 4) is 5.75 Å². The number of nitrogens with zero attached hydrogens (tertiary/aromatic N) is 1. The maximum atomic E-state index is 13.4. The standard InChI is InChI=1S/C36H49N3O6/c40-31-16-14-29(30-15-17-33(42)38-34(30)31)32(41)24-37-20-8-3-9-21-39-22-18-26(19-23-39)25-45-35(43)36(44,27-10-4-1-5-11-27)28-12-6-2-7-13-28/h1,4-5,10-11,14-17,26,28,32,37,40-41,44H,2-3,6-9,12-13,18-25H2,(H,38,42)/t32-,36?/m1/s1. The van der Waals surface area contributed by atoms with Crippen molar-refractivity contribution in [1.29, 1.82) is 0 Å². The Morgan fingerprint density at radius 1 is 0.978 bits per heavy atom. The number of aliphatic hydroxyl groups is 2. The highest BCUT2D eigenvalue weighted by atomic mass is 16.5. The fraction of sp³-hybridized carbons (Fsp3) is 0.556. The number of fused-ring (bicyclic) bond motifs is 1. The molecule has 0 bridgehead atoms. The van der Waals surface area contributed by atoms with Gasteiger partial charge in [0.05, 0.1) is 18.2 Å². The van der Waals surface area contributed by atoms with Gasteiger partial charge in [-0.3, -0.25) is 4.79 Å². The quantitative estimate of drug-likeness (QED) is 0.129. The van der Waals surface area contributed by atoms with Crippen molar-refractivity contribution in [2.24, 2.45) is 11.8 Å². The van der Waals surface area contributed by atoms with Crippen LogP contribution >= 0.6 is 0 Å². The number of phenolic OH excluding ortho intramolecular Hbond substituents is 1. The molecule has 1 aliphatic carbocycles. The lowest BCUT2D eigenvalue weighted by Gasteiger charge is -2.37. The number of aromatic amines is 1. The number of aliphatic hydroxyl groups excluding tert-OH is 1. The van der Waals surface area contributed by atoms with Crippen LogP contribution in [0.1, 0.15) is 81.4 Å². The molecule has 0 spiro atoms. The molecule has 1 saturated carbocycles. The second-order valence-corrected chi connectivity index (χ2v) is 12.9. The summed E-state index contributed by atoms with van der Waals surface area (Å²) in [5.41, 5.74) is -0.214. The molecular weight excluding hydrogens is 570 g/mol. The van der Waals surface area contributed by atoms with Crippen molar-refractivity contribution in [1.82, 2.24) is 15.2 Å². The minimum atomic E-state index is -1.57. The highest BCUT2D eigenvalue weighted by Gasteiger charge is 2.47. The summed E-state index contributed by atoms with van der Waals surface area (Å²) in [4.78, 5) is 30.1. The molecule has 1 aliphatic heterocycles. The summed E-state index contributed by atoms with van der Waals surface area (Å²) in [5, 5.41) is 36.5. The predicted octanol–water partition coefficient (Wildman–Crippen LogP) is 4.75. The number of carbonyl (C=O) groups is 1. The summed E-state index contributed by atoms with van der Waals surface area (Å²) >= 11 is 0. The monoisotopic (exact) mass is 619 g/mol. The van der Waals surface area contributed by atoms with Gasteiger partial charge in [-0.1, -0.05) is 62.1 Å². The van der Waals surface area contributed by atoms with Gasteiger partial charge in [-0.05, 0) is 93.9 Å². The molecule has 1 saturated heterocycles. The lowest BCUT2D eigenvalue weighted by molar-refractivity contribution is -0.177. The third kappa shape index (κ3) is 8.33. The van der Waals surface area contributed by atoms with Crippen molar-refractivity contribution in [2.45, 2.75) is 75.9 Å². The van der Waals surface area contributed by atoms with E-state index in [1.54, 1.807) is 12.1 Å². The number of rotatable bonds is 14. The SMILES string of the molecule is O=C(OCC1CCN(CCCCCNC[C@@H](O)c2ccc(O)c3[nH]c(=O)ccc23)CC1)C(O)(c1ccccc1)C1CCCCC1. The van der Waals surface area contributed by atoms with E-state index >= 15 is 0 Å². The Hall–Kier alpha value is -3.24. The number of unbranched alkanes of at least 4 members (excludes halogenated alkanes) is 2. The molecule has 3 aromatic rings. The predicted molar refractivity (Wildman–Crippen MR) is 175 cm³/mol. The van der Waals surface area contributed by atoms with Crippen LogP contribution in [0.5, 0.6) is 5.75 Å². The minimum Gasteiger partial charge on any atom is -0.506 e. The highest BCUT2D eigenvalue weighted by molar-refractivity contribution is 5.87. The number of pyridine rings is 1. The molecule has 5 N–H and O–H groups in total. The van der Waals surface area contributed by atoms with Gasteiger partial charge in [0.25, 0.3) is 0 Å². The number of nitrogens with one attached hydrogen (secondary N) is 2. The van der Waals surface area contributed by atoms with Gasteiger partial charge < -0.3 is 35.3 Å². The van der Waals surface area contributed by atoms with Gasteiger partial charge in [-0.15, -0.1) is 0 Å². The Balaban J connectivity index is 0.971. The number of phenols is 1. The Kier molecular flexibility index (Phi) is 11.7. The molecule has 1 aromatic heterocycles. The number of hydrogen-bond donors (Lipinski definition) is 5. The molecular formula is C36H49N3O6. The number of H-pyrrole nitrogens is 1. The topological polar surface area (TPSA) is 135 Å². The lowest BCUT2D eigenvalue weighted by atomic mass is 9.73. The molecule has 9 heteroatoms. The normalized spacial score (nSPS) is 18.9. The fourth-order valence-corrected chi connectivity index (χ4v) is 7.07. The molecule has 0 amide bonds. The fourth-order valence-electron chi connectivity index (χ4n) is 7.07. The average Bonchev–Trinajstić information content (AvgIpc) is 3.08. The van der Waals surface area contributed by atoms with Crippen LogP contribution in [0.15, 0.2) is 59.4 Å². The second-order valence-electron chi connectivity index (χ2n) is 12.9. The van der Waals surface area contributed by atoms with Gasteiger partial charge >= 0.3 is 5.97 Å². The average molecular weight is 620 g/mol. The van der Waals surface area contributed by atoms with Gasteiger partial charge in [-0.2, -0.15) is 0 Å². The van der Waals surface area contributed by atoms with Crippen LogP contribution in [0, 0.1) is 11.8 Å². The minimum absolute atomic E-state index is 0.0132. The number of hydrogen-bond acceptors (Lipinski definition) is 8. The lowest BCUT2D eigenvalue weighted by Crippen LogP contribution is -2.46. The van der Waals surface area contributed by atoms with E-state index in [2.05, 4.69) is 15.2 Å². The third-order valence-corrected chi connectivity index (χ3v) is 9.81. The summed E-state index contributed by atoms with van der Waals surface area (Å²) in [6.07, 6.45) is 9.34. The molecule has 2 aliphatic rings. The van der Waals surface area contributed by atoms with Crippen LogP contribution in [-0.2, 0) is 15.1 Å². The smallest absolute Gasteiger partial charge is 0.343 e. The van der Waals surface area contributed by atoms with Crippen LogP contribution in [0.3, 0.4) is 0 Å². The number of piperidine rings is 1. The number of ether oxygens (including phenoxy) is 1. The number of benzene rings is 2. The van der Waals surface area contributed by atoms with Crippen LogP contribution < -0.4 is 10.9 Å². The van der Waals surface area contributed by atoms with Gasteiger partial charge in [-0.25, -0.2) is 4.79 Å².